The predicted octanol–water partition coefficient (Wildman–Crippen LogP) is 4.60. The SMILES string of the molecule is Cc1ccc(N(C(=O)CNC(=O)c2ccco2)[C@@H](C(=O)NC2CCCC2)c2ccccc2F)c(C)c1. The Labute approximate surface area is 209 Å². The molecular weight excluding hydrogens is 461 g/mol. The zero-order chi connectivity index (χ0) is 25.7. The number of benzene rings is 2. The van der Waals surface area contributed by atoms with E-state index in [9.17, 15) is 14.4 Å². The van der Waals surface area contributed by atoms with Crippen LogP contribution in [0.3, 0.4) is 0 Å². The number of furan rings is 1. The van der Waals surface area contributed by atoms with Crippen LogP contribution < -0.4 is 15.5 Å². The number of nitrogens with one attached hydrogen (secondary N) is 2. The van der Waals surface area contributed by atoms with Gasteiger partial charge in [-0.1, -0.05) is 48.7 Å². The first-order valence-corrected chi connectivity index (χ1v) is 12.1. The van der Waals surface area contributed by atoms with Crippen molar-refractivity contribution in [1.82, 2.24) is 10.6 Å². The zero-order valence-corrected chi connectivity index (χ0v) is 20.4. The highest BCUT2D eigenvalue weighted by molar-refractivity contribution is 6.04. The third-order valence-electron chi connectivity index (χ3n) is 6.43. The fraction of sp³-hybridized carbons (Fsp3) is 0.321. The second-order valence-electron chi connectivity index (χ2n) is 9.13. The summed E-state index contributed by atoms with van der Waals surface area (Å²) in [7, 11) is 0. The molecule has 1 fully saturated rings. The topological polar surface area (TPSA) is 91.7 Å². The minimum Gasteiger partial charge on any atom is -0.459 e. The molecule has 8 heteroatoms. The summed E-state index contributed by atoms with van der Waals surface area (Å²) < 4.78 is 20.2. The molecule has 1 aromatic heterocycles. The maximum absolute atomic E-state index is 15.1. The number of hydrogen-bond donors (Lipinski definition) is 2. The van der Waals surface area contributed by atoms with E-state index in [1.807, 2.05) is 26.0 Å². The number of carbonyl (C=O) groups excluding carboxylic acids is 3. The molecule has 0 spiro atoms. The van der Waals surface area contributed by atoms with Gasteiger partial charge >= 0.3 is 0 Å². The number of amides is 3. The monoisotopic (exact) mass is 491 g/mol. The molecule has 0 aliphatic heterocycles. The summed E-state index contributed by atoms with van der Waals surface area (Å²) in [6.45, 7) is 3.35. The van der Waals surface area contributed by atoms with Crippen molar-refractivity contribution >= 4 is 23.4 Å². The van der Waals surface area contributed by atoms with Crippen molar-refractivity contribution in [3.63, 3.8) is 0 Å². The smallest absolute Gasteiger partial charge is 0.287 e. The lowest BCUT2D eigenvalue weighted by molar-refractivity contribution is -0.126. The molecule has 2 N–H and O–H groups in total. The van der Waals surface area contributed by atoms with Crippen LogP contribution in [0.15, 0.2) is 65.3 Å². The number of hydrogen-bond acceptors (Lipinski definition) is 4. The van der Waals surface area contributed by atoms with Gasteiger partial charge in [0.15, 0.2) is 5.76 Å². The van der Waals surface area contributed by atoms with Gasteiger partial charge in [0.1, 0.15) is 11.9 Å². The number of anilines is 1. The summed E-state index contributed by atoms with van der Waals surface area (Å²) in [6.07, 6.45) is 5.06. The first-order valence-electron chi connectivity index (χ1n) is 12.1. The molecule has 0 radical (unpaired) electrons. The van der Waals surface area contributed by atoms with Crippen LogP contribution in [0.25, 0.3) is 0 Å². The molecule has 0 bridgehead atoms. The number of halogens is 1. The molecule has 3 amide bonds. The summed E-state index contributed by atoms with van der Waals surface area (Å²) in [5, 5.41) is 5.58. The van der Waals surface area contributed by atoms with Gasteiger partial charge in [-0.3, -0.25) is 19.3 Å². The molecule has 2 aromatic carbocycles. The predicted molar refractivity (Wildman–Crippen MR) is 134 cm³/mol. The van der Waals surface area contributed by atoms with Crippen molar-refractivity contribution in [2.75, 3.05) is 11.4 Å². The summed E-state index contributed by atoms with van der Waals surface area (Å²) >= 11 is 0. The normalized spacial score (nSPS) is 14.3. The van der Waals surface area contributed by atoms with Crippen molar-refractivity contribution in [1.29, 1.82) is 0 Å². The van der Waals surface area contributed by atoms with Gasteiger partial charge in [0.05, 0.1) is 12.8 Å². The van der Waals surface area contributed by atoms with E-state index in [0.717, 1.165) is 36.8 Å². The molecule has 1 heterocycles. The third-order valence-corrected chi connectivity index (χ3v) is 6.43. The average molecular weight is 492 g/mol. The van der Waals surface area contributed by atoms with Crippen LogP contribution in [0.5, 0.6) is 0 Å². The van der Waals surface area contributed by atoms with Crippen molar-refractivity contribution in [2.45, 2.75) is 51.6 Å². The first kappa shape index (κ1) is 25.2. The fourth-order valence-electron chi connectivity index (χ4n) is 4.67. The molecular formula is C28H30FN3O4. The van der Waals surface area contributed by atoms with E-state index in [2.05, 4.69) is 10.6 Å². The molecule has 36 heavy (non-hydrogen) atoms. The number of nitrogens with zero attached hydrogens (tertiary/aromatic N) is 1. The Bertz CT molecular complexity index is 1240. The fourth-order valence-corrected chi connectivity index (χ4v) is 4.67. The van der Waals surface area contributed by atoms with Crippen LogP contribution in [0.4, 0.5) is 10.1 Å². The second-order valence-corrected chi connectivity index (χ2v) is 9.13. The highest BCUT2D eigenvalue weighted by atomic mass is 19.1. The average Bonchev–Trinajstić information content (AvgIpc) is 3.57. The van der Waals surface area contributed by atoms with Crippen molar-refractivity contribution in [3.8, 4) is 0 Å². The summed E-state index contributed by atoms with van der Waals surface area (Å²) in [5.74, 6) is -2.11. The standard InChI is InChI=1S/C28H30FN3O4/c1-18-13-14-23(19(2)16-18)32(25(33)17-30-27(34)24-12-7-15-36-24)26(21-10-5-6-11-22(21)29)28(35)31-20-8-3-4-9-20/h5-7,10-16,20,26H,3-4,8-9,17H2,1-2H3,(H,30,34)(H,31,35)/t26-/m1/s1. The molecule has 7 nitrogen and oxygen atoms in total. The van der Waals surface area contributed by atoms with Crippen LogP contribution in [0.1, 0.15) is 59.0 Å². The number of aryl methyl sites for hydroxylation is 2. The van der Waals surface area contributed by atoms with E-state index >= 15 is 4.39 Å². The van der Waals surface area contributed by atoms with E-state index < -0.39 is 36.1 Å². The lowest BCUT2D eigenvalue weighted by atomic mass is 10.00. The molecule has 188 valence electrons. The Hall–Kier alpha value is -3.94. The minimum absolute atomic E-state index is 0.0264. The van der Waals surface area contributed by atoms with Crippen molar-refractivity contribution in [3.05, 3.63) is 89.1 Å². The zero-order valence-electron chi connectivity index (χ0n) is 20.4. The number of rotatable bonds is 8. The molecule has 1 aliphatic carbocycles. The summed E-state index contributed by atoms with van der Waals surface area (Å²) in [6, 6.07) is 13.2. The van der Waals surface area contributed by atoms with Gasteiger partial charge in [-0.05, 0) is 56.5 Å². The maximum atomic E-state index is 15.1. The molecule has 0 saturated heterocycles. The Morgan fingerprint density at radius 1 is 1.06 bits per heavy atom. The van der Waals surface area contributed by atoms with Gasteiger partial charge in [-0.25, -0.2) is 4.39 Å². The quantitative estimate of drug-likeness (QED) is 0.482. The van der Waals surface area contributed by atoms with Gasteiger partial charge in [-0.15, -0.1) is 0 Å². The Morgan fingerprint density at radius 2 is 1.81 bits per heavy atom. The first-order chi connectivity index (χ1) is 17.3. The van der Waals surface area contributed by atoms with Crippen molar-refractivity contribution < 1.29 is 23.2 Å². The highest BCUT2D eigenvalue weighted by Gasteiger charge is 2.36. The van der Waals surface area contributed by atoms with Gasteiger partial charge in [0.25, 0.3) is 5.91 Å². The van der Waals surface area contributed by atoms with Crippen LogP contribution in [-0.4, -0.2) is 30.3 Å². The highest BCUT2D eigenvalue weighted by Crippen LogP contribution is 2.33. The van der Waals surface area contributed by atoms with Crippen LogP contribution >= 0.6 is 0 Å². The maximum Gasteiger partial charge on any atom is 0.287 e. The molecule has 3 aromatic rings. The third kappa shape index (κ3) is 5.64. The lowest BCUT2D eigenvalue weighted by Gasteiger charge is -2.33. The molecule has 1 aliphatic rings. The Kier molecular flexibility index (Phi) is 7.83. The van der Waals surface area contributed by atoms with E-state index in [4.69, 9.17) is 4.42 Å². The van der Waals surface area contributed by atoms with E-state index in [1.165, 1.54) is 35.4 Å². The van der Waals surface area contributed by atoms with E-state index in [1.54, 1.807) is 18.2 Å². The Morgan fingerprint density at radius 3 is 2.47 bits per heavy atom. The van der Waals surface area contributed by atoms with E-state index in [-0.39, 0.29) is 17.4 Å². The van der Waals surface area contributed by atoms with Gasteiger partial charge in [0, 0.05) is 17.3 Å². The molecule has 4 rings (SSSR count). The van der Waals surface area contributed by atoms with Crippen LogP contribution in [0, 0.1) is 19.7 Å². The molecule has 1 atom stereocenters. The van der Waals surface area contributed by atoms with Crippen molar-refractivity contribution in [2.24, 2.45) is 0 Å². The number of carbonyl (C=O) groups is 3. The van der Waals surface area contributed by atoms with Gasteiger partial charge in [0.2, 0.25) is 11.8 Å². The molecule has 1 saturated carbocycles. The minimum atomic E-state index is -1.26. The van der Waals surface area contributed by atoms with Crippen LogP contribution in [-0.2, 0) is 9.59 Å². The molecule has 0 unspecified atom stereocenters. The second kappa shape index (κ2) is 11.2. The van der Waals surface area contributed by atoms with Gasteiger partial charge in [-0.2, -0.15) is 0 Å². The lowest BCUT2D eigenvalue weighted by Crippen LogP contribution is -2.49. The van der Waals surface area contributed by atoms with E-state index in [0.29, 0.717) is 5.69 Å². The van der Waals surface area contributed by atoms with Crippen LogP contribution in [0.2, 0.25) is 0 Å². The largest absolute Gasteiger partial charge is 0.459 e. The Balaban J connectivity index is 1.73. The van der Waals surface area contributed by atoms with Gasteiger partial charge < -0.3 is 15.1 Å². The summed E-state index contributed by atoms with van der Waals surface area (Å²) in [5.41, 5.74) is 2.27. The summed E-state index contributed by atoms with van der Waals surface area (Å²) in [4.78, 5) is 41.1.